The Morgan fingerprint density at radius 3 is 2.80 bits per heavy atom. The molecular weight excluding hydrogens is 186 g/mol. The van der Waals surface area contributed by atoms with Gasteiger partial charge in [-0.2, -0.15) is 0 Å². The lowest BCUT2D eigenvalue weighted by Crippen LogP contribution is -2.02. The van der Waals surface area contributed by atoms with Crippen LogP contribution in [0.1, 0.15) is 18.9 Å². The van der Waals surface area contributed by atoms with Gasteiger partial charge >= 0.3 is 0 Å². The van der Waals surface area contributed by atoms with Gasteiger partial charge in [-0.15, -0.1) is 11.8 Å². The van der Waals surface area contributed by atoms with Crippen molar-refractivity contribution in [1.82, 2.24) is 0 Å². The van der Waals surface area contributed by atoms with Crippen LogP contribution >= 0.6 is 0 Å². The maximum Gasteiger partial charge on any atom is 0.0575 e. The first-order valence-corrected chi connectivity index (χ1v) is 5.15. The Morgan fingerprint density at radius 1 is 1.27 bits per heavy atom. The number of nitrogens with two attached hydrogens (primary N) is 1. The van der Waals surface area contributed by atoms with Gasteiger partial charge in [-0.25, -0.2) is 0 Å². The van der Waals surface area contributed by atoms with E-state index in [9.17, 15) is 0 Å². The Morgan fingerprint density at radius 2 is 2.07 bits per heavy atom. The summed E-state index contributed by atoms with van der Waals surface area (Å²) in [4.78, 5) is 0. The highest BCUT2D eigenvalue weighted by molar-refractivity contribution is 5.46. The third-order valence-corrected chi connectivity index (χ3v) is 2.12. The maximum absolute atomic E-state index is 5.81. The number of nitrogen functional groups attached to an aromatic ring is 1. The van der Waals surface area contributed by atoms with Crippen molar-refractivity contribution in [2.45, 2.75) is 19.8 Å². The minimum absolute atomic E-state index is 0.702. The lowest BCUT2D eigenvalue weighted by molar-refractivity contribution is 0.143. The molecule has 0 aliphatic heterocycles. The van der Waals surface area contributed by atoms with Crippen molar-refractivity contribution in [2.75, 3.05) is 18.9 Å². The Bertz CT molecular complexity index is 349. The fourth-order valence-electron chi connectivity index (χ4n) is 1.29. The molecule has 0 saturated carbocycles. The number of para-hydroxylation sites is 1. The average molecular weight is 203 g/mol. The molecule has 0 fully saturated rings. The fourth-order valence-corrected chi connectivity index (χ4v) is 1.29. The molecule has 0 aliphatic carbocycles. The number of anilines is 1. The molecule has 2 N–H and O–H groups in total. The zero-order valence-electron chi connectivity index (χ0n) is 9.12. The number of rotatable bonds is 5. The van der Waals surface area contributed by atoms with Crippen LogP contribution in [-0.2, 0) is 11.2 Å². The van der Waals surface area contributed by atoms with Crippen LogP contribution in [0.15, 0.2) is 24.3 Å². The first-order valence-electron chi connectivity index (χ1n) is 5.15. The van der Waals surface area contributed by atoms with Crippen molar-refractivity contribution in [1.29, 1.82) is 0 Å². The van der Waals surface area contributed by atoms with E-state index in [2.05, 4.69) is 11.8 Å². The van der Waals surface area contributed by atoms with Gasteiger partial charge in [0.25, 0.3) is 0 Å². The summed E-state index contributed by atoms with van der Waals surface area (Å²) >= 11 is 0. The summed E-state index contributed by atoms with van der Waals surface area (Å²) in [6.45, 7) is 3.25. The molecule has 1 aromatic carbocycles. The largest absolute Gasteiger partial charge is 0.399 e. The second kappa shape index (κ2) is 6.92. The maximum atomic E-state index is 5.81. The van der Waals surface area contributed by atoms with Gasteiger partial charge in [-0.1, -0.05) is 18.2 Å². The number of ether oxygens (including phenoxy) is 1. The second-order valence-electron chi connectivity index (χ2n) is 3.24. The quantitative estimate of drug-likeness (QED) is 0.452. The van der Waals surface area contributed by atoms with E-state index in [-0.39, 0.29) is 0 Å². The molecule has 0 aliphatic rings. The van der Waals surface area contributed by atoms with Gasteiger partial charge < -0.3 is 10.5 Å². The monoisotopic (exact) mass is 203 g/mol. The predicted octanol–water partition coefficient (Wildman–Crippen LogP) is 2.24. The summed E-state index contributed by atoms with van der Waals surface area (Å²) in [6.07, 6.45) is 1.67. The summed E-state index contributed by atoms with van der Waals surface area (Å²) < 4.78 is 5.44. The molecule has 0 aromatic heterocycles. The van der Waals surface area contributed by atoms with Crippen LogP contribution in [0.3, 0.4) is 0 Å². The third kappa shape index (κ3) is 4.53. The molecule has 0 spiro atoms. The molecule has 0 amide bonds. The smallest absolute Gasteiger partial charge is 0.0575 e. The zero-order valence-corrected chi connectivity index (χ0v) is 9.12. The second-order valence-corrected chi connectivity index (χ2v) is 3.24. The number of hydrogen-bond donors (Lipinski definition) is 1. The van der Waals surface area contributed by atoms with Crippen molar-refractivity contribution in [3.63, 3.8) is 0 Å². The van der Waals surface area contributed by atoms with E-state index in [4.69, 9.17) is 10.5 Å². The SMILES string of the molecule is CC#CCCOCCc1ccccc1N. The summed E-state index contributed by atoms with van der Waals surface area (Å²) in [5, 5.41) is 0. The molecule has 2 nitrogen and oxygen atoms in total. The third-order valence-electron chi connectivity index (χ3n) is 2.12. The highest BCUT2D eigenvalue weighted by Gasteiger charge is 1.96. The van der Waals surface area contributed by atoms with Crippen LogP contribution < -0.4 is 5.73 Å². The van der Waals surface area contributed by atoms with Crippen LogP contribution in [0.25, 0.3) is 0 Å². The Hall–Kier alpha value is -1.46. The van der Waals surface area contributed by atoms with E-state index in [0.29, 0.717) is 13.2 Å². The lowest BCUT2D eigenvalue weighted by Gasteiger charge is -2.05. The number of hydrogen-bond acceptors (Lipinski definition) is 2. The summed E-state index contributed by atoms with van der Waals surface area (Å²) in [6, 6.07) is 7.88. The van der Waals surface area contributed by atoms with Crippen molar-refractivity contribution in [3.8, 4) is 11.8 Å². The van der Waals surface area contributed by atoms with Gasteiger partial charge in [0.05, 0.1) is 13.2 Å². The molecule has 0 atom stereocenters. The van der Waals surface area contributed by atoms with E-state index in [1.54, 1.807) is 0 Å². The van der Waals surface area contributed by atoms with Gasteiger partial charge in [-0.3, -0.25) is 0 Å². The summed E-state index contributed by atoms with van der Waals surface area (Å²) in [5.41, 5.74) is 7.80. The Balaban J connectivity index is 2.19. The minimum atomic E-state index is 0.702. The Labute approximate surface area is 91.4 Å². The van der Waals surface area contributed by atoms with Crippen molar-refractivity contribution in [3.05, 3.63) is 29.8 Å². The number of benzene rings is 1. The Kier molecular flexibility index (Phi) is 5.35. The molecule has 15 heavy (non-hydrogen) atoms. The summed E-state index contributed by atoms with van der Waals surface area (Å²) in [7, 11) is 0. The standard InChI is InChI=1S/C13H17NO/c1-2-3-6-10-15-11-9-12-7-4-5-8-13(12)14/h4-5,7-8H,6,9-11,14H2,1H3. The van der Waals surface area contributed by atoms with Gasteiger partial charge in [0.1, 0.15) is 0 Å². The van der Waals surface area contributed by atoms with Crippen LogP contribution in [0.4, 0.5) is 5.69 Å². The highest BCUT2D eigenvalue weighted by atomic mass is 16.5. The van der Waals surface area contributed by atoms with E-state index in [1.807, 2.05) is 31.2 Å². The molecule has 0 bridgehead atoms. The van der Waals surface area contributed by atoms with Crippen LogP contribution in [0.2, 0.25) is 0 Å². The fraction of sp³-hybridized carbons (Fsp3) is 0.385. The molecule has 0 radical (unpaired) electrons. The van der Waals surface area contributed by atoms with Gasteiger partial charge in [0.15, 0.2) is 0 Å². The molecule has 0 saturated heterocycles. The van der Waals surface area contributed by atoms with Crippen molar-refractivity contribution in [2.24, 2.45) is 0 Å². The minimum Gasteiger partial charge on any atom is -0.399 e. The van der Waals surface area contributed by atoms with Crippen LogP contribution in [0.5, 0.6) is 0 Å². The van der Waals surface area contributed by atoms with Crippen molar-refractivity contribution < 1.29 is 4.74 Å². The first kappa shape index (κ1) is 11.6. The molecule has 1 rings (SSSR count). The average Bonchev–Trinajstić information content (AvgIpc) is 2.25. The van der Waals surface area contributed by atoms with Crippen molar-refractivity contribution >= 4 is 5.69 Å². The molecule has 2 heteroatoms. The van der Waals surface area contributed by atoms with E-state index in [0.717, 1.165) is 24.1 Å². The molecule has 0 heterocycles. The topological polar surface area (TPSA) is 35.2 Å². The molecule has 80 valence electrons. The zero-order chi connectivity index (χ0) is 10.9. The predicted molar refractivity (Wildman–Crippen MR) is 63.4 cm³/mol. The normalized spacial score (nSPS) is 9.40. The van der Waals surface area contributed by atoms with E-state index < -0.39 is 0 Å². The molecule has 0 unspecified atom stereocenters. The van der Waals surface area contributed by atoms with Crippen LogP contribution in [-0.4, -0.2) is 13.2 Å². The molecule has 1 aromatic rings. The van der Waals surface area contributed by atoms with E-state index >= 15 is 0 Å². The highest BCUT2D eigenvalue weighted by Crippen LogP contribution is 2.10. The summed E-state index contributed by atoms with van der Waals surface area (Å²) in [5.74, 6) is 5.79. The van der Waals surface area contributed by atoms with Crippen LogP contribution in [0, 0.1) is 11.8 Å². The molecular formula is C13H17NO. The van der Waals surface area contributed by atoms with Gasteiger partial charge in [0, 0.05) is 12.1 Å². The lowest BCUT2D eigenvalue weighted by atomic mass is 10.1. The van der Waals surface area contributed by atoms with Gasteiger partial charge in [0.2, 0.25) is 0 Å². The van der Waals surface area contributed by atoms with E-state index in [1.165, 1.54) is 0 Å². The van der Waals surface area contributed by atoms with Gasteiger partial charge in [-0.05, 0) is 25.0 Å². The first-order chi connectivity index (χ1) is 7.34.